The molecule has 0 aliphatic carbocycles. The summed E-state index contributed by atoms with van der Waals surface area (Å²) in [6.45, 7) is 3.41. The highest BCUT2D eigenvalue weighted by Gasteiger charge is 2.23. The number of hydrazine groups is 1. The molecule has 1 rings (SSSR count). The highest BCUT2D eigenvalue weighted by molar-refractivity contribution is 7.80. The van der Waals surface area contributed by atoms with Crippen molar-refractivity contribution in [2.24, 2.45) is 0 Å². The summed E-state index contributed by atoms with van der Waals surface area (Å²) in [5.41, 5.74) is 3.00. The van der Waals surface area contributed by atoms with Crippen LogP contribution in [-0.4, -0.2) is 41.1 Å². The molecule has 1 fully saturated rings. The van der Waals surface area contributed by atoms with Crippen LogP contribution in [0.5, 0.6) is 0 Å². The molecule has 5 heteroatoms. The Hall–Kier alpha value is -0.680. The van der Waals surface area contributed by atoms with Gasteiger partial charge in [-0.05, 0) is 18.6 Å². The van der Waals surface area contributed by atoms with E-state index in [4.69, 9.17) is 12.2 Å². The van der Waals surface area contributed by atoms with Gasteiger partial charge in [0.25, 0.3) is 0 Å². The summed E-state index contributed by atoms with van der Waals surface area (Å²) in [6, 6.07) is 0. The molecule has 4 nitrogen and oxygen atoms in total. The molecule has 0 spiro atoms. The Bertz CT molecular complexity index is 201. The van der Waals surface area contributed by atoms with Gasteiger partial charge in [-0.3, -0.25) is 15.1 Å². The first kappa shape index (κ1) is 10.4. The van der Waals surface area contributed by atoms with E-state index in [0.717, 1.165) is 19.4 Å². The van der Waals surface area contributed by atoms with Crippen molar-refractivity contribution in [3.63, 3.8) is 0 Å². The van der Waals surface area contributed by atoms with Gasteiger partial charge >= 0.3 is 0 Å². The molecule has 0 atom stereocenters. The van der Waals surface area contributed by atoms with Crippen molar-refractivity contribution in [2.75, 3.05) is 20.1 Å². The number of thiocarbonyl (C=S) groups is 1. The van der Waals surface area contributed by atoms with Gasteiger partial charge in [0.2, 0.25) is 5.91 Å². The van der Waals surface area contributed by atoms with E-state index >= 15 is 0 Å². The van der Waals surface area contributed by atoms with Crippen LogP contribution in [0, 0.1) is 0 Å². The Morgan fingerprint density at radius 2 is 2.31 bits per heavy atom. The second-order valence-corrected chi connectivity index (χ2v) is 3.53. The van der Waals surface area contributed by atoms with Crippen LogP contribution in [0.25, 0.3) is 0 Å². The number of likely N-dealkylation sites (N-methyl/N-ethyl adjacent to an activating group) is 1. The standard InChI is InChI=1S/C8H15N3OS/c1-3-4-5-11-6-7(12)10(2)8(13)9-11/h3-6H2,1-2H3,(H,9,13). The molecular weight excluding hydrogens is 186 g/mol. The smallest absolute Gasteiger partial charge is 0.244 e. The summed E-state index contributed by atoms with van der Waals surface area (Å²) in [5, 5.41) is 2.36. The second-order valence-electron chi connectivity index (χ2n) is 3.14. The van der Waals surface area contributed by atoms with Crippen molar-refractivity contribution in [1.82, 2.24) is 15.3 Å². The van der Waals surface area contributed by atoms with Crippen LogP contribution in [0.2, 0.25) is 0 Å². The minimum Gasteiger partial charge on any atom is -0.295 e. The Kier molecular flexibility index (Phi) is 3.62. The van der Waals surface area contributed by atoms with Crippen LogP contribution >= 0.6 is 12.2 Å². The number of hydrogen-bond acceptors (Lipinski definition) is 3. The number of carbonyl (C=O) groups is 1. The van der Waals surface area contributed by atoms with E-state index in [-0.39, 0.29) is 5.91 Å². The van der Waals surface area contributed by atoms with Gasteiger partial charge in [0, 0.05) is 13.6 Å². The van der Waals surface area contributed by atoms with Crippen LogP contribution in [-0.2, 0) is 4.79 Å². The van der Waals surface area contributed by atoms with Crippen molar-refractivity contribution in [3.05, 3.63) is 0 Å². The molecule has 0 unspecified atom stereocenters. The molecule has 0 aromatic heterocycles. The minimum atomic E-state index is 0.0554. The van der Waals surface area contributed by atoms with Crippen molar-refractivity contribution in [2.45, 2.75) is 19.8 Å². The molecule has 1 saturated heterocycles. The fourth-order valence-corrected chi connectivity index (χ4v) is 1.35. The zero-order valence-electron chi connectivity index (χ0n) is 8.04. The monoisotopic (exact) mass is 201 g/mol. The van der Waals surface area contributed by atoms with E-state index in [1.54, 1.807) is 7.05 Å². The maximum absolute atomic E-state index is 11.3. The van der Waals surface area contributed by atoms with Gasteiger partial charge in [0.15, 0.2) is 5.11 Å². The molecule has 1 aliphatic heterocycles. The average molecular weight is 201 g/mol. The molecule has 13 heavy (non-hydrogen) atoms. The van der Waals surface area contributed by atoms with Gasteiger partial charge in [-0.15, -0.1) is 0 Å². The molecule has 1 N–H and O–H groups in total. The summed E-state index contributed by atoms with van der Waals surface area (Å²) >= 11 is 4.99. The molecule has 0 bridgehead atoms. The van der Waals surface area contributed by atoms with Gasteiger partial charge in [-0.2, -0.15) is 0 Å². The number of hydrogen-bond donors (Lipinski definition) is 1. The lowest BCUT2D eigenvalue weighted by molar-refractivity contribution is -0.130. The third-order valence-electron chi connectivity index (χ3n) is 2.04. The topological polar surface area (TPSA) is 35.6 Å². The Labute approximate surface area is 83.8 Å². The average Bonchev–Trinajstić information content (AvgIpc) is 2.10. The van der Waals surface area contributed by atoms with E-state index in [2.05, 4.69) is 12.3 Å². The van der Waals surface area contributed by atoms with Crippen LogP contribution < -0.4 is 5.43 Å². The van der Waals surface area contributed by atoms with Crippen LogP contribution in [0.1, 0.15) is 19.8 Å². The van der Waals surface area contributed by atoms with Crippen molar-refractivity contribution < 1.29 is 4.79 Å². The number of nitrogens with one attached hydrogen (secondary N) is 1. The molecule has 0 saturated carbocycles. The van der Waals surface area contributed by atoms with Crippen molar-refractivity contribution >= 4 is 23.2 Å². The van der Waals surface area contributed by atoms with Crippen LogP contribution in [0.3, 0.4) is 0 Å². The van der Waals surface area contributed by atoms with Gasteiger partial charge in [-0.25, -0.2) is 5.01 Å². The van der Waals surface area contributed by atoms with E-state index in [1.807, 2.05) is 5.01 Å². The van der Waals surface area contributed by atoms with Gasteiger partial charge in [0.1, 0.15) is 0 Å². The lowest BCUT2D eigenvalue weighted by Gasteiger charge is -2.33. The lowest BCUT2D eigenvalue weighted by Crippen LogP contribution is -2.59. The summed E-state index contributed by atoms with van der Waals surface area (Å²) < 4.78 is 0. The molecular formula is C8H15N3OS. The lowest BCUT2D eigenvalue weighted by atomic mass is 10.3. The first-order chi connectivity index (χ1) is 6.15. The number of carbonyl (C=O) groups excluding carboxylic acids is 1. The van der Waals surface area contributed by atoms with Crippen molar-refractivity contribution in [1.29, 1.82) is 0 Å². The van der Waals surface area contributed by atoms with Crippen LogP contribution in [0.4, 0.5) is 0 Å². The zero-order chi connectivity index (χ0) is 9.84. The fraction of sp³-hybridized carbons (Fsp3) is 0.750. The predicted octanol–water partition coefficient (Wildman–Crippen LogP) is 0.350. The molecule has 0 aromatic carbocycles. The summed E-state index contributed by atoms with van der Waals surface area (Å²) in [6.07, 6.45) is 2.20. The molecule has 1 amide bonds. The molecule has 1 aliphatic rings. The molecule has 0 aromatic rings. The summed E-state index contributed by atoms with van der Waals surface area (Å²) in [4.78, 5) is 12.8. The largest absolute Gasteiger partial charge is 0.295 e. The summed E-state index contributed by atoms with van der Waals surface area (Å²) in [5.74, 6) is 0.0554. The SMILES string of the molecule is CCCCN1CC(=O)N(C)C(=S)N1. The molecule has 74 valence electrons. The Balaban J connectivity index is 2.44. The van der Waals surface area contributed by atoms with E-state index in [0.29, 0.717) is 11.7 Å². The fourth-order valence-electron chi connectivity index (χ4n) is 1.12. The summed E-state index contributed by atoms with van der Waals surface area (Å²) in [7, 11) is 1.69. The van der Waals surface area contributed by atoms with Crippen LogP contribution in [0.15, 0.2) is 0 Å². The maximum Gasteiger partial charge on any atom is 0.244 e. The van der Waals surface area contributed by atoms with Gasteiger partial charge in [0.05, 0.1) is 6.54 Å². The first-order valence-corrected chi connectivity index (χ1v) is 4.88. The highest BCUT2D eigenvalue weighted by atomic mass is 32.1. The Morgan fingerprint density at radius 3 is 2.85 bits per heavy atom. The minimum absolute atomic E-state index is 0.0554. The third kappa shape index (κ3) is 2.63. The number of amides is 1. The van der Waals surface area contributed by atoms with Gasteiger partial charge in [-0.1, -0.05) is 13.3 Å². The van der Waals surface area contributed by atoms with E-state index in [9.17, 15) is 4.79 Å². The quantitative estimate of drug-likeness (QED) is 0.668. The van der Waals surface area contributed by atoms with E-state index in [1.165, 1.54) is 4.90 Å². The molecule has 1 heterocycles. The van der Waals surface area contributed by atoms with Gasteiger partial charge < -0.3 is 0 Å². The third-order valence-corrected chi connectivity index (χ3v) is 2.41. The zero-order valence-corrected chi connectivity index (χ0v) is 8.86. The number of unbranched alkanes of at least 4 members (excludes halogenated alkanes) is 1. The Morgan fingerprint density at radius 1 is 1.62 bits per heavy atom. The number of rotatable bonds is 3. The normalized spacial score (nSPS) is 19.1. The number of nitrogens with zero attached hydrogens (tertiary/aromatic N) is 2. The molecule has 0 radical (unpaired) electrons. The highest BCUT2D eigenvalue weighted by Crippen LogP contribution is 2.00. The predicted molar refractivity (Wildman–Crippen MR) is 55.0 cm³/mol. The maximum atomic E-state index is 11.3. The van der Waals surface area contributed by atoms with Crippen molar-refractivity contribution in [3.8, 4) is 0 Å². The van der Waals surface area contributed by atoms with E-state index < -0.39 is 0 Å². The second kappa shape index (κ2) is 4.53. The first-order valence-electron chi connectivity index (χ1n) is 4.47.